The molecule has 6 heteroatoms. The van der Waals surface area contributed by atoms with Gasteiger partial charge in [-0.15, -0.1) is 5.10 Å². The topological polar surface area (TPSA) is 80.0 Å². The van der Waals surface area contributed by atoms with Crippen LogP contribution in [0.2, 0.25) is 0 Å². The maximum atomic E-state index is 10.9. The third-order valence-electron chi connectivity index (χ3n) is 3.77. The van der Waals surface area contributed by atoms with Gasteiger partial charge in [-0.05, 0) is 30.7 Å². The van der Waals surface area contributed by atoms with Crippen LogP contribution in [-0.4, -0.2) is 26.1 Å². The van der Waals surface area contributed by atoms with Gasteiger partial charge in [0.2, 0.25) is 5.91 Å². The average molecular weight is 310 g/mol. The number of fused-ring (bicyclic) bond motifs is 1. The predicted molar refractivity (Wildman–Crippen MR) is 86.3 cm³/mol. The molecule has 0 fully saturated rings. The minimum Gasteiger partial charge on any atom is -0.289 e. The quantitative estimate of drug-likeness (QED) is 0.417. The molecule has 0 aliphatic rings. The number of hydroxylamine groups is 1. The molecular weight excluding hydrogens is 292 g/mol. The lowest BCUT2D eigenvalue weighted by Crippen LogP contribution is -2.17. The number of rotatable bonds is 6. The molecule has 118 valence electrons. The molecule has 0 aliphatic heterocycles. The van der Waals surface area contributed by atoms with Gasteiger partial charge >= 0.3 is 0 Å². The van der Waals surface area contributed by atoms with E-state index in [0.29, 0.717) is 12.8 Å². The van der Waals surface area contributed by atoms with E-state index in [2.05, 4.69) is 28.5 Å². The van der Waals surface area contributed by atoms with Crippen molar-refractivity contribution in [2.75, 3.05) is 0 Å². The van der Waals surface area contributed by atoms with Gasteiger partial charge in [-0.1, -0.05) is 41.6 Å². The SMILES string of the molecule is O=C(CCCCc1cn(-c2cccc3ccccc23)nn1)NO. The summed E-state index contributed by atoms with van der Waals surface area (Å²) in [6.07, 6.45) is 4.51. The largest absolute Gasteiger partial charge is 0.289 e. The molecule has 2 N–H and O–H groups in total. The van der Waals surface area contributed by atoms with Crippen molar-refractivity contribution in [2.45, 2.75) is 25.7 Å². The van der Waals surface area contributed by atoms with Gasteiger partial charge in [-0.25, -0.2) is 10.2 Å². The maximum absolute atomic E-state index is 10.9. The second kappa shape index (κ2) is 7.02. The molecule has 0 saturated carbocycles. The molecule has 2 aromatic carbocycles. The third-order valence-corrected chi connectivity index (χ3v) is 3.77. The first-order valence-corrected chi connectivity index (χ1v) is 7.60. The summed E-state index contributed by atoms with van der Waals surface area (Å²) in [5.41, 5.74) is 3.53. The highest BCUT2D eigenvalue weighted by Crippen LogP contribution is 2.21. The highest BCUT2D eigenvalue weighted by molar-refractivity contribution is 5.89. The van der Waals surface area contributed by atoms with Crippen LogP contribution in [0.4, 0.5) is 0 Å². The zero-order chi connectivity index (χ0) is 16.1. The van der Waals surface area contributed by atoms with Crippen molar-refractivity contribution < 1.29 is 10.0 Å². The Kier molecular flexibility index (Phi) is 4.63. The molecule has 1 aromatic heterocycles. The molecule has 3 aromatic rings. The van der Waals surface area contributed by atoms with Crippen LogP contribution >= 0.6 is 0 Å². The number of aromatic nitrogens is 3. The summed E-state index contributed by atoms with van der Waals surface area (Å²) in [5.74, 6) is -0.357. The van der Waals surface area contributed by atoms with E-state index in [9.17, 15) is 4.79 Å². The van der Waals surface area contributed by atoms with E-state index in [4.69, 9.17) is 5.21 Å². The van der Waals surface area contributed by atoms with Crippen molar-refractivity contribution >= 4 is 16.7 Å². The van der Waals surface area contributed by atoms with Crippen molar-refractivity contribution in [3.05, 3.63) is 54.4 Å². The van der Waals surface area contributed by atoms with E-state index in [1.165, 1.54) is 0 Å². The normalized spacial score (nSPS) is 10.8. The van der Waals surface area contributed by atoms with Gasteiger partial charge in [0.25, 0.3) is 0 Å². The van der Waals surface area contributed by atoms with E-state index in [1.54, 1.807) is 10.2 Å². The number of hydrogen-bond acceptors (Lipinski definition) is 4. The van der Waals surface area contributed by atoms with Crippen molar-refractivity contribution in [3.8, 4) is 5.69 Å². The molecule has 0 atom stereocenters. The maximum Gasteiger partial charge on any atom is 0.243 e. The van der Waals surface area contributed by atoms with E-state index in [1.807, 2.05) is 30.5 Å². The number of unbranched alkanes of at least 4 members (excludes halogenated alkanes) is 1. The van der Waals surface area contributed by atoms with Crippen LogP contribution < -0.4 is 5.48 Å². The van der Waals surface area contributed by atoms with Crippen molar-refractivity contribution in [1.29, 1.82) is 0 Å². The molecule has 0 saturated heterocycles. The molecule has 23 heavy (non-hydrogen) atoms. The lowest BCUT2D eigenvalue weighted by Gasteiger charge is -2.05. The molecule has 0 bridgehead atoms. The van der Waals surface area contributed by atoms with Crippen LogP contribution in [0.3, 0.4) is 0 Å². The summed E-state index contributed by atoms with van der Waals surface area (Å²) < 4.78 is 1.79. The summed E-state index contributed by atoms with van der Waals surface area (Å²) in [6.45, 7) is 0. The Morgan fingerprint density at radius 2 is 1.96 bits per heavy atom. The Balaban J connectivity index is 1.70. The Bertz CT molecular complexity index is 808. The fraction of sp³-hybridized carbons (Fsp3) is 0.235. The standard InChI is InChI=1S/C17H18N4O2/c22-17(19-23)11-4-2-8-14-12-21(20-18-14)16-10-5-7-13-6-1-3-9-15(13)16/h1,3,5-7,9-10,12,23H,2,4,8,11H2,(H,19,22). The second-order valence-electron chi connectivity index (χ2n) is 5.39. The van der Waals surface area contributed by atoms with Crippen LogP contribution in [-0.2, 0) is 11.2 Å². The van der Waals surface area contributed by atoms with Gasteiger partial charge < -0.3 is 0 Å². The highest BCUT2D eigenvalue weighted by atomic mass is 16.5. The van der Waals surface area contributed by atoms with Gasteiger partial charge in [0.15, 0.2) is 0 Å². The van der Waals surface area contributed by atoms with Crippen molar-refractivity contribution in [3.63, 3.8) is 0 Å². The van der Waals surface area contributed by atoms with E-state index >= 15 is 0 Å². The molecule has 1 amide bonds. The molecule has 6 nitrogen and oxygen atoms in total. The summed E-state index contributed by atoms with van der Waals surface area (Å²) in [6, 6.07) is 14.3. The first kappa shape index (κ1) is 15.2. The molecule has 0 unspecified atom stereocenters. The Labute approximate surface area is 133 Å². The second-order valence-corrected chi connectivity index (χ2v) is 5.39. The lowest BCUT2D eigenvalue weighted by molar-refractivity contribution is -0.129. The monoisotopic (exact) mass is 310 g/mol. The van der Waals surface area contributed by atoms with E-state index in [0.717, 1.165) is 35.0 Å². The van der Waals surface area contributed by atoms with Gasteiger partial charge in [-0.2, -0.15) is 0 Å². The third kappa shape index (κ3) is 3.54. The van der Waals surface area contributed by atoms with Crippen molar-refractivity contribution in [1.82, 2.24) is 20.5 Å². The fourth-order valence-electron chi connectivity index (χ4n) is 2.59. The molecule has 0 spiro atoms. The number of nitrogens with one attached hydrogen (secondary N) is 1. The molecule has 0 radical (unpaired) electrons. The number of hydrogen-bond donors (Lipinski definition) is 2. The first-order valence-electron chi connectivity index (χ1n) is 7.60. The van der Waals surface area contributed by atoms with Crippen LogP contribution in [0.1, 0.15) is 25.0 Å². The average Bonchev–Trinajstić information content (AvgIpc) is 3.06. The molecule has 0 aliphatic carbocycles. The van der Waals surface area contributed by atoms with Crippen molar-refractivity contribution in [2.24, 2.45) is 0 Å². The summed E-state index contributed by atoms with van der Waals surface area (Å²) >= 11 is 0. The van der Waals surface area contributed by atoms with Crippen LogP contribution in [0.25, 0.3) is 16.5 Å². The Hall–Kier alpha value is -2.73. The number of aryl methyl sites for hydroxylation is 1. The van der Waals surface area contributed by atoms with Gasteiger partial charge in [0, 0.05) is 11.8 Å². The summed E-state index contributed by atoms with van der Waals surface area (Å²) in [5, 5.41) is 19.1. The van der Waals surface area contributed by atoms with Crippen LogP contribution in [0.5, 0.6) is 0 Å². The van der Waals surface area contributed by atoms with Gasteiger partial charge in [0.1, 0.15) is 0 Å². The number of nitrogens with zero attached hydrogens (tertiary/aromatic N) is 3. The summed E-state index contributed by atoms with van der Waals surface area (Å²) in [7, 11) is 0. The van der Waals surface area contributed by atoms with Crippen LogP contribution in [0, 0.1) is 0 Å². The van der Waals surface area contributed by atoms with Gasteiger partial charge in [0.05, 0.1) is 17.6 Å². The first-order chi connectivity index (χ1) is 11.3. The zero-order valence-corrected chi connectivity index (χ0v) is 12.6. The predicted octanol–water partition coefficient (Wildman–Crippen LogP) is 2.64. The molecule has 3 rings (SSSR count). The number of carbonyl (C=O) groups excluding carboxylic acids is 1. The zero-order valence-electron chi connectivity index (χ0n) is 12.6. The highest BCUT2D eigenvalue weighted by Gasteiger charge is 2.07. The van der Waals surface area contributed by atoms with Gasteiger partial charge in [-0.3, -0.25) is 10.0 Å². The number of benzene rings is 2. The minimum absolute atomic E-state index is 0.313. The summed E-state index contributed by atoms with van der Waals surface area (Å²) in [4.78, 5) is 10.9. The number of amides is 1. The molecular formula is C17H18N4O2. The van der Waals surface area contributed by atoms with Crippen LogP contribution in [0.15, 0.2) is 48.7 Å². The fourth-order valence-corrected chi connectivity index (χ4v) is 2.59. The Morgan fingerprint density at radius 1 is 1.13 bits per heavy atom. The smallest absolute Gasteiger partial charge is 0.243 e. The lowest BCUT2D eigenvalue weighted by atomic mass is 10.1. The molecule has 1 heterocycles. The van der Waals surface area contributed by atoms with E-state index < -0.39 is 0 Å². The number of carbonyl (C=O) groups is 1. The van der Waals surface area contributed by atoms with E-state index in [-0.39, 0.29) is 5.91 Å². The minimum atomic E-state index is -0.357. The Morgan fingerprint density at radius 3 is 2.83 bits per heavy atom.